The van der Waals surface area contributed by atoms with Crippen molar-refractivity contribution in [3.8, 4) is 0 Å². The van der Waals surface area contributed by atoms with Gasteiger partial charge in [0, 0.05) is 5.92 Å². The van der Waals surface area contributed by atoms with Crippen LogP contribution in [0.3, 0.4) is 0 Å². The molecule has 3 rings (SSSR count). The van der Waals surface area contributed by atoms with Gasteiger partial charge in [-0.15, -0.1) is 0 Å². The standard InChI is InChI=1S/C15H24N5O6P/c1-3-4-5-24-27(22,23)25-7-10-6-9(2)14(26-10)20-8-17-11-12(20)18-15(16)19-13(11)21/h8-10,14H,3-7H2,1-2H3,(H,22,23)(H3,16,18,19,21). The Bertz CT molecular complexity index is 898. The van der Waals surface area contributed by atoms with Crippen molar-refractivity contribution in [2.45, 2.75) is 45.4 Å². The number of nitrogens with one attached hydrogen (secondary N) is 1. The summed E-state index contributed by atoms with van der Waals surface area (Å²) in [5.74, 6) is 0.0302. The minimum atomic E-state index is -4.10. The first-order valence-electron chi connectivity index (χ1n) is 8.80. The second-order valence-electron chi connectivity index (χ2n) is 6.59. The second-order valence-corrected chi connectivity index (χ2v) is 8.04. The van der Waals surface area contributed by atoms with Crippen LogP contribution in [0.1, 0.15) is 39.3 Å². The summed E-state index contributed by atoms with van der Waals surface area (Å²) in [6.07, 6.45) is 2.74. The molecule has 27 heavy (non-hydrogen) atoms. The maximum atomic E-state index is 11.9. The van der Waals surface area contributed by atoms with Crippen molar-refractivity contribution in [2.75, 3.05) is 18.9 Å². The number of imidazole rings is 1. The lowest BCUT2D eigenvalue weighted by molar-refractivity contribution is -0.0305. The second kappa shape index (κ2) is 8.07. The topological polar surface area (TPSA) is 155 Å². The maximum absolute atomic E-state index is 11.9. The Morgan fingerprint density at radius 3 is 3.04 bits per heavy atom. The predicted molar refractivity (Wildman–Crippen MR) is 96.9 cm³/mol. The van der Waals surface area contributed by atoms with E-state index in [1.165, 1.54) is 6.33 Å². The number of hydrogen-bond acceptors (Lipinski definition) is 8. The van der Waals surface area contributed by atoms with Crippen LogP contribution in [-0.4, -0.2) is 43.7 Å². The van der Waals surface area contributed by atoms with Gasteiger partial charge < -0.3 is 15.4 Å². The van der Waals surface area contributed by atoms with E-state index in [1.807, 2.05) is 13.8 Å². The van der Waals surface area contributed by atoms with Crippen LogP contribution < -0.4 is 11.3 Å². The number of fused-ring (bicyclic) bond motifs is 1. The molecule has 0 aliphatic carbocycles. The first-order chi connectivity index (χ1) is 12.8. The first-order valence-corrected chi connectivity index (χ1v) is 10.3. The fraction of sp³-hybridized carbons (Fsp3) is 0.667. The van der Waals surface area contributed by atoms with Crippen LogP contribution in [0, 0.1) is 5.92 Å². The number of hydrogen-bond donors (Lipinski definition) is 3. The molecule has 0 bridgehead atoms. The van der Waals surface area contributed by atoms with Crippen molar-refractivity contribution in [2.24, 2.45) is 5.92 Å². The van der Waals surface area contributed by atoms with E-state index in [2.05, 4.69) is 15.0 Å². The van der Waals surface area contributed by atoms with E-state index in [0.717, 1.165) is 6.42 Å². The number of nitrogen functional groups attached to an aromatic ring is 1. The first kappa shape index (κ1) is 20.0. The van der Waals surface area contributed by atoms with Crippen LogP contribution in [0.5, 0.6) is 0 Å². The predicted octanol–water partition coefficient (Wildman–Crippen LogP) is 1.56. The Hall–Kier alpha value is -1.78. The molecule has 3 heterocycles. The molecule has 0 spiro atoms. The molecular weight excluding hydrogens is 377 g/mol. The van der Waals surface area contributed by atoms with E-state index in [4.69, 9.17) is 19.5 Å². The fourth-order valence-corrected chi connectivity index (χ4v) is 3.82. The molecule has 12 heteroatoms. The smallest absolute Gasteiger partial charge is 0.369 e. The molecule has 0 radical (unpaired) electrons. The molecule has 1 aliphatic rings. The molecule has 0 saturated carbocycles. The molecule has 0 amide bonds. The van der Waals surface area contributed by atoms with E-state index in [9.17, 15) is 14.3 Å². The van der Waals surface area contributed by atoms with Crippen molar-refractivity contribution < 1.29 is 23.2 Å². The van der Waals surface area contributed by atoms with E-state index in [-0.39, 0.29) is 30.6 Å². The van der Waals surface area contributed by atoms with Gasteiger partial charge in [-0.05, 0) is 12.8 Å². The molecule has 1 saturated heterocycles. The average molecular weight is 401 g/mol. The molecule has 4 N–H and O–H groups in total. The lowest BCUT2D eigenvalue weighted by Crippen LogP contribution is -2.18. The molecule has 0 aromatic carbocycles. The number of phosphoric acid groups is 1. The third-order valence-electron chi connectivity index (χ3n) is 4.35. The van der Waals surface area contributed by atoms with Gasteiger partial charge in [0.05, 0.1) is 25.6 Å². The number of nitrogens with zero attached hydrogens (tertiary/aromatic N) is 3. The van der Waals surface area contributed by atoms with Gasteiger partial charge in [0.15, 0.2) is 11.2 Å². The summed E-state index contributed by atoms with van der Waals surface area (Å²) in [5, 5.41) is 0. The molecule has 2 aromatic heterocycles. The molecule has 11 nitrogen and oxygen atoms in total. The Morgan fingerprint density at radius 1 is 1.52 bits per heavy atom. The zero-order chi connectivity index (χ0) is 19.6. The molecular formula is C15H24N5O6P. The molecule has 2 aromatic rings. The van der Waals surface area contributed by atoms with Gasteiger partial charge in [0.1, 0.15) is 6.23 Å². The van der Waals surface area contributed by atoms with E-state index in [1.54, 1.807) is 4.57 Å². The summed E-state index contributed by atoms with van der Waals surface area (Å²) in [6.45, 7) is 4.00. The number of rotatable bonds is 8. The normalized spacial score (nSPS) is 25.1. The lowest BCUT2D eigenvalue weighted by atomic mass is 10.1. The number of aromatic nitrogens is 4. The van der Waals surface area contributed by atoms with Crippen molar-refractivity contribution in [3.05, 3.63) is 16.7 Å². The monoisotopic (exact) mass is 401 g/mol. The lowest BCUT2D eigenvalue weighted by Gasteiger charge is -2.18. The van der Waals surface area contributed by atoms with Gasteiger partial charge in [-0.2, -0.15) is 4.98 Å². The third kappa shape index (κ3) is 4.56. The maximum Gasteiger partial charge on any atom is 0.472 e. The van der Waals surface area contributed by atoms with Gasteiger partial charge in [-0.3, -0.25) is 23.4 Å². The van der Waals surface area contributed by atoms with Crippen molar-refractivity contribution in [3.63, 3.8) is 0 Å². The highest BCUT2D eigenvalue weighted by molar-refractivity contribution is 7.47. The Kier molecular flexibility index (Phi) is 5.97. The molecule has 1 aliphatic heterocycles. The Balaban J connectivity index is 1.67. The number of ether oxygens (including phenoxy) is 1. The highest BCUT2D eigenvalue weighted by atomic mass is 31.2. The van der Waals surface area contributed by atoms with Gasteiger partial charge in [-0.25, -0.2) is 9.55 Å². The summed E-state index contributed by atoms with van der Waals surface area (Å²) in [5.41, 5.74) is 5.69. The van der Waals surface area contributed by atoms with Crippen LogP contribution in [0.2, 0.25) is 0 Å². The van der Waals surface area contributed by atoms with E-state index in [0.29, 0.717) is 18.5 Å². The summed E-state index contributed by atoms with van der Waals surface area (Å²) in [7, 11) is -4.10. The van der Waals surface area contributed by atoms with Gasteiger partial charge in [-0.1, -0.05) is 20.3 Å². The van der Waals surface area contributed by atoms with Crippen LogP contribution in [-0.2, 0) is 18.3 Å². The van der Waals surface area contributed by atoms with E-state index < -0.39 is 25.7 Å². The van der Waals surface area contributed by atoms with Crippen molar-refractivity contribution in [1.82, 2.24) is 19.5 Å². The van der Waals surface area contributed by atoms with Crippen LogP contribution in [0.4, 0.5) is 5.95 Å². The van der Waals surface area contributed by atoms with Crippen molar-refractivity contribution >= 4 is 24.9 Å². The van der Waals surface area contributed by atoms with Crippen LogP contribution in [0.15, 0.2) is 11.1 Å². The highest BCUT2D eigenvalue weighted by Crippen LogP contribution is 2.45. The van der Waals surface area contributed by atoms with E-state index >= 15 is 0 Å². The minimum absolute atomic E-state index is 0.00905. The zero-order valence-corrected chi connectivity index (χ0v) is 16.1. The summed E-state index contributed by atoms with van der Waals surface area (Å²) >= 11 is 0. The molecule has 4 atom stereocenters. The largest absolute Gasteiger partial charge is 0.472 e. The molecule has 1 fully saturated rings. The minimum Gasteiger partial charge on any atom is -0.369 e. The number of aromatic amines is 1. The highest BCUT2D eigenvalue weighted by Gasteiger charge is 2.36. The van der Waals surface area contributed by atoms with Gasteiger partial charge >= 0.3 is 7.82 Å². The van der Waals surface area contributed by atoms with Crippen molar-refractivity contribution in [1.29, 1.82) is 0 Å². The number of H-pyrrole nitrogens is 1. The summed E-state index contributed by atoms with van der Waals surface area (Å²) < 4.78 is 29.4. The average Bonchev–Trinajstić information content (AvgIpc) is 3.16. The SMILES string of the molecule is CCCCOP(=O)(O)OCC1CC(C)C(n2cnc3c(=O)[nH]c(N)nc32)O1. The summed E-state index contributed by atoms with van der Waals surface area (Å²) in [6, 6.07) is 0. The fourth-order valence-electron chi connectivity index (χ4n) is 3.03. The third-order valence-corrected chi connectivity index (χ3v) is 5.34. The number of anilines is 1. The Morgan fingerprint density at radius 2 is 2.30 bits per heavy atom. The number of phosphoric ester groups is 1. The van der Waals surface area contributed by atoms with Gasteiger partial charge in [0.2, 0.25) is 5.95 Å². The summed E-state index contributed by atoms with van der Waals surface area (Å²) in [4.78, 5) is 32.2. The number of unbranched alkanes of at least 4 members (excludes halogenated alkanes) is 1. The molecule has 4 unspecified atom stereocenters. The quantitative estimate of drug-likeness (QED) is 0.441. The zero-order valence-electron chi connectivity index (χ0n) is 15.2. The number of nitrogens with two attached hydrogens (primary N) is 1. The van der Waals surface area contributed by atoms with Crippen LogP contribution in [0.25, 0.3) is 11.2 Å². The van der Waals surface area contributed by atoms with Crippen LogP contribution >= 0.6 is 7.82 Å². The Labute approximate surface area is 155 Å². The molecule has 150 valence electrons. The van der Waals surface area contributed by atoms with Gasteiger partial charge in [0.25, 0.3) is 5.56 Å².